The zero-order valence-corrected chi connectivity index (χ0v) is 17.0. The Morgan fingerprint density at radius 2 is 1.90 bits per heavy atom. The second kappa shape index (κ2) is 9.78. The quantitative estimate of drug-likeness (QED) is 0.522. The molecule has 1 saturated heterocycles. The van der Waals surface area contributed by atoms with Crippen molar-refractivity contribution >= 4 is 46.2 Å². The number of thiocarbonyl (C=S) groups is 1. The van der Waals surface area contributed by atoms with E-state index in [2.05, 4.69) is 5.32 Å². The molecule has 0 aromatic heterocycles. The molecule has 2 aromatic carbocycles. The van der Waals surface area contributed by atoms with Crippen LogP contribution in [0.3, 0.4) is 0 Å². The Hall–Kier alpha value is -2.55. The van der Waals surface area contributed by atoms with E-state index in [0.29, 0.717) is 6.42 Å². The lowest BCUT2D eigenvalue weighted by atomic mass is 10.1. The number of nitrogens with zero attached hydrogens (tertiary/aromatic N) is 1. The first-order valence-corrected chi connectivity index (χ1v) is 10.1. The average Bonchev–Trinajstić information content (AvgIpc) is 2.97. The summed E-state index contributed by atoms with van der Waals surface area (Å²) >= 11 is 6.24. The van der Waals surface area contributed by atoms with Crippen LogP contribution in [-0.4, -0.2) is 45.3 Å². The first kappa shape index (κ1) is 21.2. The molecule has 1 aliphatic rings. The molecule has 150 valence electrons. The first-order chi connectivity index (χ1) is 14.0. The topological polar surface area (TPSA) is 69.6 Å². The molecule has 2 aromatic rings. The number of halogens is 1. The van der Waals surface area contributed by atoms with Gasteiger partial charge in [-0.25, -0.2) is 4.39 Å². The number of nitrogens with one attached hydrogen (secondary N) is 1. The summed E-state index contributed by atoms with van der Waals surface area (Å²) in [6.45, 7) is -0.489. The number of hydrogen-bond acceptors (Lipinski definition) is 5. The van der Waals surface area contributed by atoms with Crippen LogP contribution in [0.4, 0.5) is 4.39 Å². The predicted octanol–water partition coefficient (Wildman–Crippen LogP) is 2.75. The average molecular weight is 431 g/mol. The van der Waals surface area contributed by atoms with Crippen molar-refractivity contribution in [1.82, 2.24) is 10.2 Å². The van der Waals surface area contributed by atoms with Crippen molar-refractivity contribution in [3.8, 4) is 0 Å². The normalized spacial score (nSPS) is 16.3. The Kier molecular flexibility index (Phi) is 7.13. The van der Waals surface area contributed by atoms with Crippen LogP contribution >= 0.6 is 24.0 Å². The molecule has 1 unspecified atom stereocenters. The van der Waals surface area contributed by atoms with Crippen LogP contribution in [0, 0.1) is 5.82 Å². The maximum atomic E-state index is 13.8. The van der Waals surface area contributed by atoms with Crippen molar-refractivity contribution in [2.75, 3.05) is 13.2 Å². The number of thioether (sulfide) groups is 1. The molecule has 29 heavy (non-hydrogen) atoms. The fraction of sp³-hybridized carbons (Fsp3) is 0.190. The molecular weight excluding hydrogens is 411 g/mol. The number of aliphatic hydroxyl groups is 1. The number of aliphatic hydroxyl groups excluding tert-OH is 1. The Morgan fingerprint density at radius 1 is 1.21 bits per heavy atom. The molecule has 8 heteroatoms. The zero-order chi connectivity index (χ0) is 20.8. The summed E-state index contributed by atoms with van der Waals surface area (Å²) < 4.78 is 14.1. The highest BCUT2D eigenvalue weighted by Gasteiger charge is 2.33. The number of hydrogen-bond donors (Lipinski definition) is 2. The van der Waals surface area contributed by atoms with E-state index in [9.17, 15) is 19.1 Å². The third-order valence-electron chi connectivity index (χ3n) is 4.28. The Labute approximate surface area is 177 Å². The Morgan fingerprint density at radius 3 is 2.59 bits per heavy atom. The van der Waals surface area contributed by atoms with E-state index in [-0.39, 0.29) is 27.9 Å². The van der Waals surface area contributed by atoms with Gasteiger partial charge in [-0.1, -0.05) is 72.5 Å². The lowest BCUT2D eigenvalue weighted by Gasteiger charge is -2.19. The van der Waals surface area contributed by atoms with Gasteiger partial charge in [-0.05, 0) is 24.1 Å². The van der Waals surface area contributed by atoms with E-state index < -0.39 is 23.7 Å². The van der Waals surface area contributed by atoms with Gasteiger partial charge in [0.25, 0.3) is 5.91 Å². The van der Waals surface area contributed by atoms with Crippen molar-refractivity contribution in [3.63, 3.8) is 0 Å². The monoisotopic (exact) mass is 430 g/mol. The van der Waals surface area contributed by atoms with Gasteiger partial charge in [0.05, 0.1) is 17.6 Å². The molecule has 1 heterocycles. The summed E-state index contributed by atoms with van der Waals surface area (Å²) in [4.78, 5) is 26.5. The zero-order valence-electron chi connectivity index (χ0n) is 15.4. The molecule has 1 atom stereocenters. The van der Waals surface area contributed by atoms with E-state index in [1.807, 2.05) is 30.3 Å². The van der Waals surface area contributed by atoms with Gasteiger partial charge in [-0.3, -0.25) is 14.5 Å². The minimum atomic E-state index is -0.475. The van der Waals surface area contributed by atoms with Crippen molar-refractivity contribution in [3.05, 3.63) is 76.4 Å². The minimum absolute atomic E-state index is 0.230. The molecule has 2 amide bonds. The fourth-order valence-corrected chi connectivity index (χ4v) is 4.09. The van der Waals surface area contributed by atoms with Crippen LogP contribution in [0.5, 0.6) is 0 Å². The summed E-state index contributed by atoms with van der Waals surface area (Å²) in [6, 6.07) is 15.1. The second-order valence-electron chi connectivity index (χ2n) is 6.43. The fourth-order valence-electron chi connectivity index (χ4n) is 2.85. The van der Waals surface area contributed by atoms with Gasteiger partial charge in [0.15, 0.2) is 0 Å². The summed E-state index contributed by atoms with van der Waals surface area (Å²) in [6.07, 6.45) is 1.90. The third kappa shape index (κ3) is 5.50. The van der Waals surface area contributed by atoms with Crippen LogP contribution in [0.25, 0.3) is 6.08 Å². The van der Waals surface area contributed by atoms with Gasteiger partial charge in [-0.15, -0.1) is 0 Å². The lowest BCUT2D eigenvalue weighted by Crippen LogP contribution is -2.45. The SMILES string of the molecule is O=C(CN1C(=O)/C(=C/c2ccccc2F)SC1=S)NC(CO)Cc1ccccc1. The standard InChI is InChI=1S/C21H19FN2O3S2/c22-17-9-5-4-8-15(17)11-18-20(27)24(21(28)29-18)12-19(26)23-16(13-25)10-14-6-2-1-3-7-14/h1-9,11,16,25H,10,12-13H2,(H,23,26)/b18-11-. The third-order valence-corrected chi connectivity index (χ3v) is 5.66. The molecule has 0 saturated carbocycles. The molecule has 0 bridgehead atoms. The van der Waals surface area contributed by atoms with E-state index in [0.717, 1.165) is 17.3 Å². The molecule has 1 fully saturated rings. The van der Waals surface area contributed by atoms with Gasteiger partial charge in [0, 0.05) is 5.56 Å². The molecule has 1 aliphatic heterocycles. The van der Waals surface area contributed by atoms with Crippen LogP contribution in [-0.2, 0) is 16.0 Å². The molecular formula is C21H19FN2O3S2. The molecule has 0 radical (unpaired) electrons. The minimum Gasteiger partial charge on any atom is -0.394 e. The summed E-state index contributed by atoms with van der Waals surface area (Å²) in [5.74, 6) is -1.31. The predicted molar refractivity (Wildman–Crippen MR) is 115 cm³/mol. The second-order valence-corrected chi connectivity index (χ2v) is 8.10. The molecule has 5 nitrogen and oxygen atoms in total. The van der Waals surface area contributed by atoms with Crippen LogP contribution in [0.15, 0.2) is 59.5 Å². The van der Waals surface area contributed by atoms with Crippen LogP contribution in [0.2, 0.25) is 0 Å². The molecule has 0 spiro atoms. The van der Waals surface area contributed by atoms with Crippen molar-refractivity contribution < 1.29 is 19.1 Å². The highest BCUT2D eigenvalue weighted by atomic mass is 32.2. The van der Waals surface area contributed by atoms with Crippen LogP contribution in [0.1, 0.15) is 11.1 Å². The molecule has 0 aliphatic carbocycles. The van der Waals surface area contributed by atoms with Gasteiger partial charge >= 0.3 is 0 Å². The number of amides is 2. The van der Waals surface area contributed by atoms with E-state index in [4.69, 9.17) is 12.2 Å². The van der Waals surface area contributed by atoms with Crippen LogP contribution < -0.4 is 5.32 Å². The van der Waals surface area contributed by atoms with Gasteiger partial charge < -0.3 is 10.4 Å². The molecule has 3 rings (SSSR count). The Balaban J connectivity index is 1.63. The summed E-state index contributed by atoms with van der Waals surface area (Å²) in [5, 5.41) is 12.3. The maximum absolute atomic E-state index is 13.8. The summed E-state index contributed by atoms with van der Waals surface area (Å²) in [7, 11) is 0. The van der Waals surface area contributed by atoms with Gasteiger partial charge in [0.2, 0.25) is 5.91 Å². The van der Waals surface area contributed by atoms with E-state index >= 15 is 0 Å². The maximum Gasteiger partial charge on any atom is 0.266 e. The number of carbonyl (C=O) groups excluding carboxylic acids is 2. The van der Waals surface area contributed by atoms with Crippen molar-refractivity contribution in [2.45, 2.75) is 12.5 Å². The number of benzene rings is 2. The van der Waals surface area contributed by atoms with Gasteiger partial charge in [-0.2, -0.15) is 0 Å². The van der Waals surface area contributed by atoms with Gasteiger partial charge in [0.1, 0.15) is 16.7 Å². The number of carbonyl (C=O) groups is 2. The van der Waals surface area contributed by atoms with Crippen molar-refractivity contribution in [2.24, 2.45) is 0 Å². The number of rotatable bonds is 7. The molecule has 2 N–H and O–H groups in total. The lowest BCUT2D eigenvalue weighted by molar-refractivity contribution is -0.129. The van der Waals surface area contributed by atoms with E-state index in [1.165, 1.54) is 17.0 Å². The smallest absolute Gasteiger partial charge is 0.266 e. The largest absolute Gasteiger partial charge is 0.394 e. The Bertz CT molecular complexity index is 950. The summed E-state index contributed by atoms with van der Waals surface area (Å²) in [5.41, 5.74) is 1.26. The highest BCUT2D eigenvalue weighted by Crippen LogP contribution is 2.32. The highest BCUT2D eigenvalue weighted by molar-refractivity contribution is 8.26. The van der Waals surface area contributed by atoms with E-state index in [1.54, 1.807) is 18.2 Å². The first-order valence-electron chi connectivity index (χ1n) is 8.92. The van der Waals surface area contributed by atoms with Crippen molar-refractivity contribution in [1.29, 1.82) is 0 Å².